The van der Waals surface area contributed by atoms with Crippen molar-refractivity contribution >= 4 is 15.7 Å². The molecule has 0 heterocycles. The topological polar surface area (TPSA) is 89.3 Å². The van der Waals surface area contributed by atoms with Crippen molar-refractivity contribution in [3.63, 3.8) is 0 Å². The summed E-state index contributed by atoms with van der Waals surface area (Å²) in [6.07, 6.45) is 3.64. The second-order valence-electron chi connectivity index (χ2n) is 5.28. The minimum absolute atomic E-state index is 0.194. The molecule has 0 amide bonds. The van der Waals surface area contributed by atoms with Crippen LogP contribution in [0.15, 0.2) is 23.1 Å². The molecular formula is C13H17FN2O4S. The molecule has 1 saturated carbocycles. The Morgan fingerprint density at radius 1 is 1.48 bits per heavy atom. The Bertz CT molecular complexity index is 644. The normalized spacial score (nSPS) is 16.7. The first-order valence-electron chi connectivity index (χ1n) is 6.79. The molecule has 2 rings (SSSR count). The molecule has 1 unspecified atom stereocenters. The molecular weight excluding hydrogens is 299 g/mol. The fraction of sp³-hybridized carbons (Fsp3) is 0.538. The minimum atomic E-state index is -3.87. The van der Waals surface area contributed by atoms with Gasteiger partial charge in [0.15, 0.2) is 0 Å². The van der Waals surface area contributed by atoms with Gasteiger partial charge in [0.2, 0.25) is 15.8 Å². The molecule has 1 N–H and O–H groups in total. The first kappa shape index (κ1) is 15.8. The molecule has 0 bridgehead atoms. The summed E-state index contributed by atoms with van der Waals surface area (Å²) in [4.78, 5) is 9.36. The molecule has 0 aliphatic heterocycles. The average molecular weight is 316 g/mol. The number of nitro benzene ring substituents is 1. The highest BCUT2D eigenvalue weighted by Crippen LogP contribution is 2.34. The van der Waals surface area contributed by atoms with Gasteiger partial charge in [0.25, 0.3) is 0 Å². The van der Waals surface area contributed by atoms with Crippen molar-refractivity contribution in [2.45, 2.75) is 43.5 Å². The predicted molar refractivity (Wildman–Crippen MR) is 74.8 cm³/mol. The summed E-state index contributed by atoms with van der Waals surface area (Å²) in [5.41, 5.74) is -0.737. The Hall–Kier alpha value is -1.54. The molecule has 1 aliphatic carbocycles. The van der Waals surface area contributed by atoms with Gasteiger partial charge in [0.05, 0.1) is 9.82 Å². The lowest BCUT2D eigenvalue weighted by molar-refractivity contribution is -0.387. The van der Waals surface area contributed by atoms with Gasteiger partial charge in [-0.2, -0.15) is 4.39 Å². The summed E-state index contributed by atoms with van der Waals surface area (Å²) in [6.45, 7) is 1.88. The molecule has 0 aromatic heterocycles. The van der Waals surface area contributed by atoms with Crippen LogP contribution in [0.5, 0.6) is 0 Å². The van der Waals surface area contributed by atoms with E-state index in [1.807, 2.05) is 6.92 Å². The molecule has 8 heteroatoms. The van der Waals surface area contributed by atoms with E-state index in [0.29, 0.717) is 18.4 Å². The third kappa shape index (κ3) is 3.98. The van der Waals surface area contributed by atoms with Crippen LogP contribution in [0.2, 0.25) is 0 Å². The number of rotatable bonds is 7. The van der Waals surface area contributed by atoms with E-state index in [4.69, 9.17) is 0 Å². The molecule has 1 atom stereocenters. The zero-order valence-electron chi connectivity index (χ0n) is 11.6. The smallest absolute Gasteiger partial charge is 0.258 e. The van der Waals surface area contributed by atoms with Crippen LogP contribution in [-0.4, -0.2) is 19.4 Å². The van der Waals surface area contributed by atoms with Gasteiger partial charge in [-0.15, -0.1) is 0 Å². The van der Waals surface area contributed by atoms with E-state index >= 15 is 0 Å². The number of benzene rings is 1. The van der Waals surface area contributed by atoms with Crippen molar-refractivity contribution in [3.8, 4) is 0 Å². The highest BCUT2D eigenvalue weighted by molar-refractivity contribution is 7.89. The molecule has 21 heavy (non-hydrogen) atoms. The van der Waals surface area contributed by atoms with Crippen molar-refractivity contribution in [1.82, 2.24) is 4.72 Å². The van der Waals surface area contributed by atoms with Crippen LogP contribution < -0.4 is 4.72 Å². The molecule has 0 saturated heterocycles. The standard InChI is InChI=1S/C13H17FN2O4S/c1-2-10(7-9-3-4-9)15-21(19,20)11-5-6-13(16(17)18)12(14)8-11/h5-6,8-10,15H,2-4,7H2,1H3. The van der Waals surface area contributed by atoms with Crippen LogP contribution in [0.25, 0.3) is 0 Å². The van der Waals surface area contributed by atoms with Crippen LogP contribution in [0, 0.1) is 21.8 Å². The maximum Gasteiger partial charge on any atom is 0.304 e. The van der Waals surface area contributed by atoms with Crippen LogP contribution >= 0.6 is 0 Å². The lowest BCUT2D eigenvalue weighted by Gasteiger charge is -2.16. The second kappa shape index (κ2) is 6.07. The van der Waals surface area contributed by atoms with Gasteiger partial charge in [0, 0.05) is 18.2 Å². The maximum atomic E-state index is 13.5. The largest absolute Gasteiger partial charge is 0.304 e. The molecule has 6 nitrogen and oxygen atoms in total. The predicted octanol–water partition coefficient (Wildman–Crippen LogP) is 2.59. The molecule has 1 fully saturated rings. The molecule has 116 valence electrons. The number of nitrogens with zero attached hydrogens (tertiary/aromatic N) is 1. The number of nitro groups is 1. The van der Waals surface area contributed by atoms with E-state index in [0.717, 1.165) is 31.4 Å². The van der Waals surface area contributed by atoms with E-state index in [-0.39, 0.29) is 10.9 Å². The Labute approximate surface area is 122 Å². The molecule has 1 aromatic carbocycles. The maximum absolute atomic E-state index is 13.5. The third-order valence-electron chi connectivity index (χ3n) is 3.56. The lowest BCUT2D eigenvalue weighted by atomic mass is 10.1. The van der Waals surface area contributed by atoms with Gasteiger partial charge in [-0.3, -0.25) is 10.1 Å². The number of nitrogens with one attached hydrogen (secondary N) is 1. The van der Waals surface area contributed by atoms with Gasteiger partial charge >= 0.3 is 5.69 Å². The first-order chi connectivity index (χ1) is 9.83. The van der Waals surface area contributed by atoms with E-state index in [1.54, 1.807) is 0 Å². The Kier molecular flexibility index (Phi) is 4.58. The van der Waals surface area contributed by atoms with Crippen molar-refractivity contribution in [2.75, 3.05) is 0 Å². The molecule has 1 aromatic rings. The lowest BCUT2D eigenvalue weighted by Crippen LogP contribution is -2.34. The van der Waals surface area contributed by atoms with Crippen molar-refractivity contribution in [1.29, 1.82) is 0 Å². The fourth-order valence-electron chi connectivity index (χ4n) is 2.14. The highest BCUT2D eigenvalue weighted by atomic mass is 32.2. The van der Waals surface area contributed by atoms with Gasteiger partial charge in [-0.25, -0.2) is 13.1 Å². The first-order valence-corrected chi connectivity index (χ1v) is 8.28. The van der Waals surface area contributed by atoms with Gasteiger partial charge in [-0.05, 0) is 24.8 Å². The van der Waals surface area contributed by atoms with Crippen molar-refractivity contribution in [2.24, 2.45) is 5.92 Å². The summed E-state index contributed by atoms with van der Waals surface area (Å²) in [5, 5.41) is 10.5. The zero-order valence-corrected chi connectivity index (χ0v) is 12.4. The summed E-state index contributed by atoms with van der Waals surface area (Å²) < 4.78 is 40.5. The van der Waals surface area contributed by atoms with Crippen LogP contribution in [0.3, 0.4) is 0 Å². The SMILES string of the molecule is CCC(CC1CC1)NS(=O)(=O)c1ccc([N+](=O)[O-])c(F)c1. The zero-order chi connectivity index (χ0) is 15.6. The summed E-state index contributed by atoms with van der Waals surface area (Å²) in [5.74, 6) is -0.593. The average Bonchev–Trinajstić information content (AvgIpc) is 3.21. The quantitative estimate of drug-likeness (QED) is 0.618. The van der Waals surface area contributed by atoms with Crippen LogP contribution in [0.4, 0.5) is 10.1 Å². The molecule has 1 aliphatic rings. The number of sulfonamides is 1. The summed E-state index contributed by atoms with van der Waals surface area (Å²) >= 11 is 0. The summed E-state index contributed by atoms with van der Waals surface area (Å²) in [7, 11) is -3.87. The Balaban J connectivity index is 2.18. The van der Waals surface area contributed by atoms with Crippen molar-refractivity contribution < 1.29 is 17.7 Å². The minimum Gasteiger partial charge on any atom is -0.258 e. The van der Waals surface area contributed by atoms with E-state index in [1.165, 1.54) is 0 Å². The van der Waals surface area contributed by atoms with Gasteiger partial charge in [-0.1, -0.05) is 19.8 Å². The number of halogens is 1. The van der Waals surface area contributed by atoms with Crippen LogP contribution in [0.1, 0.15) is 32.6 Å². The number of hydrogen-bond acceptors (Lipinski definition) is 4. The molecule has 0 radical (unpaired) electrons. The fourth-order valence-corrected chi connectivity index (χ4v) is 3.49. The Morgan fingerprint density at radius 3 is 2.62 bits per heavy atom. The van der Waals surface area contributed by atoms with Crippen LogP contribution in [-0.2, 0) is 10.0 Å². The van der Waals surface area contributed by atoms with Gasteiger partial charge < -0.3 is 0 Å². The monoisotopic (exact) mass is 316 g/mol. The van der Waals surface area contributed by atoms with E-state index in [2.05, 4.69) is 4.72 Å². The van der Waals surface area contributed by atoms with E-state index < -0.39 is 26.5 Å². The van der Waals surface area contributed by atoms with Crippen molar-refractivity contribution in [3.05, 3.63) is 34.1 Å². The number of hydrogen-bond donors (Lipinski definition) is 1. The highest BCUT2D eigenvalue weighted by Gasteiger charge is 2.28. The summed E-state index contributed by atoms with van der Waals surface area (Å²) in [6, 6.07) is 2.41. The molecule has 0 spiro atoms. The third-order valence-corrected chi connectivity index (χ3v) is 5.07. The second-order valence-corrected chi connectivity index (χ2v) is 6.99. The van der Waals surface area contributed by atoms with E-state index in [9.17, 15) is 22.9 Å². The Morgan fingerprint density at radius 2 is 2.14 bits per heavy atom. The van der Waals surface area contributed by atoms with Gasteiger partial charge in [0.1, 0.15) is 0 Å².